The highest BCUT2D eigenvalue weighted by Crippen LogP contribution is 2.34. The Hall–Kier alpha value is -4.44. The van der Waals surface area contributed by atoms with Crippen LogP contribution in [0.3, 0.4) is 0 Å². The number of esters is 2. The zero-order chi connectivity index (χ0) is 32.1. The van der Waals surface area contributed by atoms with E-state index in [1.54, 1.807) is 24.3 Å². The molecule has 0 aliphatic heterocycles. The third-order valence-electron chi connectivity index (χ3n) is 7.82. The molecule has 0 unspecified atom stereocenters. The highest BCUT2D eigenvalue weighted by Gasteiger charge is 2.25. The topological polar surface area (TPSA) is 52.6 Å². The SMILES string of the molecule is CCc1ccc(C(=O)O/C(=C(/OC(=O)c2ccc(CC)cc2)c2ccc(C(C)(C)C)cc2)c2ccc(C(C)(C)C)cc2)cc1. The van der Waals surface area contributed by atoms with Crippen LogP contribution in [0.2, 0.25) is 0 Å². The third kappa shape index (κ3) is 7.93. The summed E-state index contributed by atoms with van der Waals surface area (Å²) in [5, 5.41) is 0. The van der Waals surface area contributed by atoms with Crippen molar-refractivity contribution in [3.8, 4) is 0 Å². The zero-order valence-corrected chi connectivity index (χ0v) is 27.3. The number of aryl methyl sites for hydroxylation is 2. The maximum atomic E-state index is 13.6. The summed E-state index contributed by atoms with van der Waals surface area (Å²) in [4.78, 5) is 27.2. The average molecular weight is 589 g/mol. The van der Waals surface area contributed by atoms with Crippen molar-refractivity contribution in [2.45, 2.75) is 79.1 Å². The van der Waals surface area contributed by atoms with Crippen LogP contribution in [0.5, 0.6) is 0 Å². The van der Waals surface area contributed by atoms with Gasteiger partial charge in [-0.05, 0) is 70.2 Å². The molecule has 0 aromatic heterocycles. The molecule has 0 radical (unpaired) electrons. The summed E-state index contributed by atoms with van der Waals surface area (Å²) < 4.78 is 12.3. The zero-order valence-electron chi connectivity index (χ0n) is 27.3. The van der Waals surface area contributed by atoms with Crippen molar-refractivity contribution in [3.05, 3.63) is 142 Å². The normalized spacial score (nSPS) is 12.4. The molecule has 228 valence electrons. The van der Waals surface area contributed by atoms with E-state index < -0.39 is 11.9 Å². The molecule has 0 N–H and O–H groups in total. The summed E-state index contributed by atoms with van der Waals surface area (Å²) in [5.41, 5.74) is 6.45. The lowest BCUT2D eigenvalue weighted by Crippen LogP contribution is -2.13. The summed E-state index contributed by atoms with van der Waals surface area (Å²) in [7, 11) is 0. The Bertz CT molecular complexity index is 1480. The molecule has 0 spiro atoms. The maximum absolute atomic E-state index is 13.6. The van der Waals surface area contributed by atoms with Crippen molar-refractivity contribution in [2.24, 2.45) is 0 Å². The van der Waals surface area contributed by atoms with Crippen molar-refractivity contribution in [2.75, 3.05) is 0 Å². The molecule has 44 heavy (non-hydrogen) atoms. The van der Waals surface area contributed by atoms with E-state index in [0.29, 0.717) is 22.3 Å². The number of hydrogen-bond acceptors (Lipinski definition) is 4. The predicted molar refractivity (Wildman–Crippen MR) is 180 cm³/mol. The van der Waals surface area contributed by atoms with Crippen LogP contribution in [0.1, 0.15) is 109 Å². The van der Waals surface area contributed by atoms with Gasteiger partial charge in [0.05, 0.1) is 11.1 Å². The van der Waals surface area contributed by atoms with E-state index in [4.69, 9.17) is 9.47 Å². The van der Waals surface area contributed by atoms with E-state index in [0.717, 1.165) is 35.1 Å². The third-order valence-corrected chi connectivity index (χ3v) is 7.82. The van der Waals surface area contributed by atoms with Gasteiger partial charge in [-0.15, -0.1) is 0 Å². The molecule has 0 bridgehead atoms. The first-order valence-electron chi connectivity index (χ1n) is 15.4. The molecule has 0 saturated carbocycles. The minimum absolute atomic E-state index is 0.0666. The van der Waals surface area contributed by atoms with Gasteiger partial charge >= 0.3 is 11.9 Å². The van der Waals surface area contributed by atoms with Gasteiger partial charge in [-0.25, -0.2) is 9.59 Å². The van der Waals surface area contributed by atoms with Gasteiger partial charge in [-0.1, -0.05) is 128 Å². The molecule has 0 aliphatic rings. The molecule has 0 heterocycles. The Morgan fingerprint density at radius 1 is 0.455 bits per heavy atom. The molecule has 4 heteroatoms. The Balaban J connectivity index is 1.89. The Labute approximate surface area is 262 Å². The van der Waals surface area contributed by atoms with E-state index in [2.05, 4.69) is 55.4 Å². The van der Waals surface area contributed by atoms with Crippen LogP contribution in [0.25, 0.3) is 11.5 Å². The van der Waals surface area contributed by atoms with Gasteiger partial charge in [-0.3, -0.25) is 0 Å². The standard InChI is InChI=1S/C40H44O4/c1-9-27-11-15-31(16-12-27)37(41)43-35(29-19-23-33(24-20-29)39(3,4)5)36(30-21-25-34(26-22-30)40(6,7)8)44-38(42)32-17-13-28(10-2)14-18-32/h11-26H,9-10H2,1-8H3/b36-35+. The highest BCUT2D eigenvalue weighted by atomic mass is 16.6. The van der Waals surface area contributed by atoms with E-state index in [1.807, 2.05) is 72.8 Å². The molecule has 0 aliphatic carbocycles. The first-order valence-corrected chi connectivity index (χ1v) is 15.4. The van der Waals surface area contributed by atoms with E-state index in [9.17, 15) is 9.59 Å². The lowest BCUT2D eigenvalue weighted by molar-refractivity contribution is 0.0646. The molecule has 0 atom stereocenters. The summed E-state index contributed by atoms with van der Waals surface area (Å²) in [6.45, 7) is 17.0. The van der Waals surface area contributed by atoms with E-state index in [1.165, 1.54) is 0 Å². The minimum atomic E-state index is -0.533. The lowest BCUT2D eigenvalue weighted by atomic mass is 9.86. The Morgan fingerprint density at radius 3 is 0.977 bits per heavy atom. The molecule has 4 aromatic carbocycles. The first kappa shape index (κ1) is 32.5. The van der Waals surface area contributed by atoms with Crippen molar-refractivity contribution in [1.82, 2.24) is 0 Å². The van der Waals surface area contributed by atoms with Crippen LogP contribution in [-0.4, -0.2) is 11.9 Å². The largest absolute Gasteiger partial charge is 0.418 e. The second kappa shape index (κ2) is 13.5. The summed E-state index contributed by atoms with van der Waals surface area (Å²) in [6, 6.07) is 30.5. The van der Waals surface area contributed by atoms with Crippen molar-refractivity contribution < 1.29 is 19.1 Å². The highest BCUT2D eigenvalue weighted by molar-refractivity contribution is 6.00. The quantitative estimate of drug-likeness (QED) is 0.117. The molecular weight excluding hydrogens is 544 g/mol. The van der Waals surface area contributed by atoms with Crippen molar-refractivity contribution in [1.29, 1.82) is 0 Å². The fourth-order valence-corrected chi connectivity index (χ4v) is 4.77. The van der Waals surface area contributed by atoms with Crippen LogP contribution in [0.15, 0.2) is 97.1 Å². The van der Waals surface area contributed by atoms with Gasteiger partial charge in [0.2, 0.25) is 0 Å². The predicted octanol–water partition coefficient (Wildman–Crippen LogP) is 9.95. The fraction of sp³-hybridized carbons (Fsp3) is 0.300. The summed E-state index contributed by atoms with van der Waals surface area (Å²) in [6.07, 6.45) is 1.73. The second-order valence-electron chi connectivity index (χ2n) is 13.2. The van der Waals surface area contributed by atoms with Gasteiger partial charge in [0.1, 0.15) is 0 Å². The average Bonchev–Trinajstić information content (AvgIpc) is 3.02. The minimum Gasteiger partial charge on any atom is -0.418 e. The molecule has 0 amide bonds. The van der Waals surface area contributed by atoms with E-state index in [-0.39, 0.29) is 22.3 Å². The van der Waals surface area contributed by atoms with Crippen LogP contribution in [-0.2, 0) is 33.1 Å². The van der Waals surface area contributed by atoms with Gasteiger partial charge in [0.15, 0.2) is 11.5 Å². The monoisotopic (exact) mass is 588 g/mol. The van der Waals surface area contributed by atoms with Gasteiger partial charge < -0.3 is 9.47 Å². The van der Waals surface area contributed by atoms with Crippen LogP contribution in [0.4, 0.5) is 0 Å². The Morgan fingerprint density at radius 2 is 0.727 bits per heavy atom. The number of rotatable bonds is 8. The molecule has 4 rings (SSSR count). The lowest BCUT2D eigenvalue weighted by Gasteiger charge is -2.21. The van der Waals surface area contributed by atoms with E-state index >= 15 is 0 Å². The van der Waals surface area contributed by atoms with Crippen molar-refractivity contribution >= 4 is 23.5 Å². The molecule has 4 aromatic rings. The van der Waals surface area contributed by atoms with Gasteiger partial charge in [-0.2, -0.15) is 0 Å². The smallest absolute Gasteiger partial charge is 0.343 e. The molecule has 0 saturated heterocycles. The maximum Gasteiger partial charge on any atom is 0.343 e. The fourth-order valence-electron chi connectivity index (χ4n) is 4.77. The second-order valence-corrected chi connectivity index (χ2v) is 13.2. The van der Waals surface area contributed by atoms with Crippen LogP contribution < -0.4 is 0 Å². The number of ether oxygens (including phenoxy) is 2. The summed E-state index contributed by atoms with van der Waals surface area (Å²) in [5.74, 6) is -0.710. The molecular formula is C40H44O4. The van der Waals surface area contributed by atoms with Crippen LogP contribution in [0, 0.1) is 0 Å². The number of hydrogen-bond donors (Lipinski definition) is 0. The number of carbonyl (C=O) groups excluding carboxylic acids is 2. The number of carbonyl (C=O) groups is 2. The molecule has 0 fully saturated rings. The van der Waals surface area contributed by atoms with Gasteiger partial charge in [0, 0.05) is 11.1 Å². The van der Waals surface area contributed by atoms with Crippen molar-refractivity contribution in [3.63, 3.8) is 0 Å². The Kier molecular flexibility index (Phi) is 9.94. The van der Waals surface area contributed by atoms with Crippen LogP contribution >= 0.6 is 0 Å². The first-order chi connectivity index (χ1) is 20.8. The summed E-state index contributed by atoms with van der Waals surface area (Å²) >= 11 is 0. The van der Waals surface area contributed by atoms with Gasteiger partial charge in [0.25, 0.3) is 0 Å². The number of benzene rings is 4. The molecule has 4 nitrogen and oxygen atoms in total.